The number of carboxylic acids is 1. The molecule has 0 spiro atoms. The number of nitrogens with one attached hydrogen (secondary N) is 1. The maximum atomic E-state index is 13.1. The fourth-order valence-corrected chi connectivity index (χ4v) is 3.83. The summed E-state index contributed by atoms with van der Waals surface area (Å²) in [5.74, 6) is -1.92. The van der Waals surface area contributed by atoms with Crippen molar-refractivity contribution >= 4 is 23.5 Å². The average molecular weight is 418 g/mol. The van der Waals surface area contributed by atoms with E-state index in [0.717, 1.165) is 11.1 Å². The Hall–Kier alpha value is -3.87. The van der Waals surface area contributed by atoms with Crippen LogP contribution in [0.25, 0.3) is 11.1 Å². The van der Waals surface area contributed by atoms with E-state index in [9.17, 15) is 19.5 Å². The van der Waals surface area contributed by atoms with Crippen molar-refractivity contribution in [3.63, 3.8) is 0 Å². The van der Waals surface area contributed by atoms with Crippen LogP contribution in [-0.4, -0.2) is 40.9 Å². The molecule has 1 fully saturated rings. The normalized spacial score (nSPS) is 16.0. The van der Waals surface area contributed by atoms with Gasteiger partial charge >= 0.3 is 5.97 Å². The first-order chi connectivity index (χ1) is 15.0. The number of furan rings is 1. The third kappa shape index (κ3) is 4.50. The van der Waals surface area contributed by atoms with Crippen molar-refractivity contribution in [2.45, 2.75) is 12.8 Å². The lowest BCUT2D eigenvalue weighted by atomic mass is 9.95. The zero-order chi connectivity index (χ0) is 21.8. The zero-order valence-corrected chi connectivity index (χ0v) is 16.8. The van der Waals surface area contributed by atoms with Crippen LogP contribution < -0.4 is 5.32 Å². The van der Waals surface area contributed by atoms with E-state index in [0.29, 0.717) is 24.9 Å². The van der Waals surface area contributed by atoms with Gasteiger partial charge in [-0.1, -0.05) is 24.3 Å². The molecule has 31 heavy (non-hydrogen) atoms. The summed E-state index contributed by atoms with van der Waals surface area (Å²) in [5.41, 5.74) is 2.63. The van der Waals surface area contributed by atoms with Gasteiger partial charge in [-0.25, -0.2) is 4.79 Å². The quantitative estimate of drug-likeness (QED) is 0.649. The number of carbonyl (C=O) groups is 3. The van der Waals surface area contributed by atoms with Crippen molar-refractivity contribution in [2.75, 3.05) is 18.4 Å². The molecule has 1 unspecified atom stereocenters. The van der Waals surface area contributed by atoms with Crippen molar-refractivity contribution in [3.05, 3.63) is 78.3 Å². The van der Waals surface area contributed by atoms with Gasteiger partial charge in [0.1, 0.15) is 0 Å². The van der Waals surface area contributed by atoms with Gasteiger partial charge < -0.3 is 19.7 Å². The van der Waals surface area contributed by atoms with E-state index < -0.39 is 11.9 Å². The molecule has 0 saturated carbocycles. The number of likely N-dealkylation sites (tertiary alicyclic amines) is 1. The molecule has 1 aliphatic rings. The molecule has 0 radical (unpaired) electrons. The number of piperidine rings is 1. The van der Waals surface area contributed by atoms with E-state index in [-0.39, 0.29) is 29.6 Å². The molecule has 158 valence electrons. The standard InChI is InChI=1S/C24H22N2O5/c27-22(25-21-9-2-1-8-20(21)24(29)30)18-7-4-11-26(14-18)23(28)17-6-3-5-16(13-17)19-10-12-31-15-19/h1-3,5-6,8-10,12-13,15,18H,4,7,11,14H2,(H,25,27)(H,29,30). The summed E-state index contributed by atoms with van der Waals surface area (Å²) < 4.78 is 5.12. The van der Waals surface area contributed by atoms with Gasteiger partial charge in [-0.15, -0.1) is 0 Å². The number of carbonyl (C=O) groups excluding carboxylic acids is 2. The number of hydrogen-bond donors (Lipinski definition) is 2. The van der Waals surface area contributed by atoms with Crippen molar-refractivity contribution in [1.82, 2.24) is 4.90 Å². The molecule has 0 bridgehead atoms. The summed E-state index contributed by atoms with van der Waals surface area (Å²) in [6.07, 6.45) is 4.55. The van der Waals surface area contributed by atoms with Crippen LogP contribution in [0.15, 0.2) is 71.5 Å². The maximum absolute atomic E-state index is 13.1. The molecule has 0 aliphatic carbocycles. The van der Waals surface area contributed by atoms with Gasteiger partial charge in [0.15, 0.2) is 0 Å². The van der Waals surface area contributed by atoms with Gasteiger partial charge in [-0.05, 0) is 48.7 Å². The number of amides is 2. The first-order valence-corrected chi connectivity index (χ1v) is 10.1. The average Bonchev–Trinajstić information content (AvgIpc) is 3.34. The van der Waals surface area contributed by atoms with E-state index in [4.69, 9.17) is 4.42 Å². The second-order valence-corrected chi connectivity index (χ2v) is 7.52. The van der Waals surface area contributed by atoms with E-state index >= 15 is 0 Å². The predicted molar refractivity (Wildman–Crippen MR) is 115 cm³/mol. The summed E-state index contributed by atoms with van der Waals surface area (Å²) in [6.45, 7) is 0.861. The number of hydrogen-bond acceptors (Lipinski definition) is 4. The number of para-hydroxylation sites is 1. The first kappa shape index (κ1) is 20.4. The van der Waals surface area contributed by atoms with Crippen molar-refractivity contribution < 1.29 is 23.9 Å². The molecule has 2 amide bonds. The van der Waals surface area contributed by atoms with Crippen molar-refractivity contribution in [3.8, 4) is 11.1 Å². The summed E-state index contributed by atoms with van der Waals surface area (Å²) in [6, 6.07) is 15.4. The van der Waals surface area contributed by atoms with Gasteiger partial charge in [0, 0.05) is 24.2 Å². The van der Waals surface area contributed by atoms with Crippen LogP contribution >= 0.6 is 0 Å². The number of anilines is 1. The van der Waals surface area contributed by atoms with Crippen LogP contribution in [0.3, 0.4) is 0 Å². The van der Waals surface area contributed by atoms with Gasteiger partial charge in [0.2, 0.25) is 5.91 Å². The Labute approximate surface area is 179 Å². The second-order valence-electron chi connectivity index (χ2n) is 7.52. The smallest absolute Gasteiger partial charge is 0.337 e. The second kappa shape index (κ2) is 8.87. The third-order valence-corrected chi connectivity index (χ3v) is 5.46. The van der Waals surface area contributed by atoms with Crippen LogP contribution in [0.1, 0.15) is 33.6 Å². The molecule has 1 aliphatic heterocycles. The predicted octanol–water partition coefficient (Wildman–Crippen LogP) is 4.14. The van der Waals surface area contributed by atoms with E-state index in [1.165, 1.54) is 6.07 Å². The lowest BCUT2D eigenvalue weighted by Crippen LogP contribution is -2.43. The molecule has 7 nitrogen and oxygen atoms in total. The Balaban J connectivity index is 1.46. The van der Waals surface area contributed by atoms with Crippen LogP contribution in [0, 0.1) is 5.92 Å². The summed E-state index contributed by atoms with van der Waals surface area (Å²) >= 11 is 0. The molecular weight excluding hydrogens is 396 g/mol. The molecular formula is C24H22N2O5. The van der Waals surface area contributed by atoms with E-state index in [2.05, 4.69) is 5.32 Å². The third-order valence-electron chi connectivity index (χ3n) is 5.46. The highest BCUT2D eigenvalue weighted by molar-refractivity contribution is 6.01. The van der Waals surface area contributed by atoms with Gasteiger partial charge in [-0.3, -0.25) is 9.59 Å². The fourth-order valence-electron chi connectivity index (χ4n) is 3.83. The molecule has 1 atom stereocenters. The Morgan fingerprint density at radius 2 is 1.87 bits per heavy atom. The van der Waals surface area contributed by atoms with Crippen LogP contribution in [-0.2, 0) is 4.79 Å². The molecule has 2 heterocycles. The fraction of sp³-hybridized carbons (Fsp3) is 0.208. The molecule has 2 aromatic carbocycles. The largest absolute Gasteiger partial charge is 0.478 e. The Morgan fingerprint density at radius 3 is 2.65 bits per heavy atom. The minimum absolute atomic E-state index is 0.0376. The topological polar surface area (TPSA) is 99.9 Å². The monoisotopic (exact) mass is 418 g/mol. The number of carboxylic acid groups (broad SMARTS) is 1. The van der Waals surface area contributed by atoms with Crippen molar-refractivity contribution in [1.29, 1.82) is 0 Å². The first-order valence-electron chi connectivity index (χ1n) is 10.1. The van der Waals surface area contributed by atoms with E-state index in [1.54, 1.807) is 41.7 Å². The lowest BCUT2D eigenvalue weighted by Gasteiger charge is -2.32. The maximum Gasteiger partial charge on any atom is 0.337 e. The molecule has 1 aromatic heterocycles. The summed E-state index contributed by atoms with van der Waals surface area (Å²) in [4.78, 5) is 39.0. The minimum Gasteiger partial charge on any atom is -0.478 e. The highest BCUT2D eigenvalue weighted by Gasteiger charge is 2.29. The highest BCUT2D eigenvalue weighted by atomic mass is 16.4. The molecule has 7 heteroatoms. The highest BCUT2D eigenvalue weighted by Crippen LogP contribution is 2.25. The van der Waals surface area contributed by atoms with Gasteiger partial charge in [0.25, 0.3) is 5.91 Å². The van der Waals surface area contributed by atoms with Gasteiger partial charge in [-0.2, -0.15) is 0 Å². The number of aromatic carboxylic acids is 1. The number of nitrogens with zero attached hydrogens (tertiary/aromatic N) is 1. The summed E-state index contributed by atoms with van der Waals surface area (Å²) in [7, 11) is 0. The number of benzene rings is 2. The lowest BCUT2D eigenvalue weighted by molar-refractivity contribution is -0.121. The molecule has 3 aromatic rings. The SMILES string of the molecule is O=C(O)c1ccccc1NC(=O)C1CCCN(C(=O)c2cccc(-c3ccoc3)c2)C1. The molecule has 4 rings (SSSR count). The Morgan fingerprint density at radius 1 is 1.03 bits per heavy atom. The Kier molecular flexibility index (Phi) is 5.84. The molecule has 2 N–H and O–H groups in total. The van der Waals surface area contributed by atoms with Crippen LogP contribution in [0.2, 0.25) is 0 Å². The van der Waals surface area contributed by atoms with Crippen LogP contribution in [0.4, 0.5) is 5.69 Å². The minimum atomic E-state index is -1.10. The summed E-state index contributed by atoms with van der Waals surface area (Å²) in [5, 5.41) is 12.0. The van der Waals surface area contributed by atoms with Crippen molar-refractivity contribution in [2.24, 2.45) is 5.92 Å². The zero-order valence-electron chi connectivity index (χ0n) is 16.8. The molecule has 1 saturated heterocycles. The van der Waals surface area contributed by atoms with E-state index in [1.807, 2.05) is 24.3 Å². The number of rotatable bonds is 5. The van der Waals surface area contributed by atoms with Crippen LogP contribution in [0.5, 0.6) is 0 Å². The van der Waals surface area contributed by atoms with Gasteiger partial charge in [0.05, 0.1) is 29.7 Å². The Bertz CT molecular complexity index is 1110.